The summed E-state index contributed by atoms with van der Waals surface area (Å²) in [5, 5.41) is 12.3. The number of hydrogen-bond acceptors (Lipinski definition) is 5. The smallest absolute Gasteiger partial charge is 0.426 e. The van der Waals surface area contributed by atoms with Gasteiger partial charge in [0.1, 0.15) is 0 Å². The van der Waals surface area contributed by atoms with Crippen LogP contribution < -0.4 is 11.2 Å². The molecule has 0 fully saturated rings. The summed E-state index contributed by atoms with van der Waals surface area (Å²) in [5.41, 5.74) is 3.31. The summed E-state index contributed by atoms with van der Waals surface area (Å²) >= 11 is 1.58. The highest BCUT2D eigenvalue weighted by Gasteiger charge is 2.32. The number of aryl methyl sites for hydroxylation is 1. The van der Waals surface area contributed by atoms with E-state index in [-0.39, 0.29) is 12.0 Å². The predicted molar refractivity (Wildman–Crippen MR) is 100 cm³/mol. The molecule has 1 heterocycles. The average molecular weight is 374 g/mol. The van der Waals surface area contributed by atoms with Gasteiger partial charge >= 0.3 is 12.1 Å². The van der Waals surface area contributed by atoms with E-state index < -0.39 is 12.1 Å². The molecule has 2 aromatic rings. The van der Waals surface area contributed by atoms with Crippen molar-refractivity contribution >= 4 is 23.4 Å². The molecular weight excluding hydrogens is 352 g/mol. The normalized spacial score (nSPS) is 15.2. The van der Waals surface area contributed by atoms with E-state index in [1.54, 1.807) is 11.3 Å². The van der Waals surface area contributed by atoms with Gasteiger partial charge in [0.15, 0.2) is 0 Å². The van der Waals surface area contributed by atoms with Crippen LogP contribution in [0.2, 0.25) is 0 Å². The van der Waals surface area contributed by atoms with Crippen LogP contribution in [0.1, 0.15) is 46.6 Å². The first-order valence-electron chi connectivity index (χ1n) is 8.42. The molecule has 3 rings (SSSR count). The number of thiophene rings is 1. The van der Waals surface area contributed by atoms with Crippen LogP contribution in [-0.4, -0.2) is 17.2 Å². The third-order valence-corrected chi connectivity index (χ3v) is 6.09. The second-order valence-corrected chi connectivity index (χ2v) is 8.42. The second kappa shape index (κ2) is 7.09. The second-order valence-electron chi connectivity index (χ2n) is 7.31. The molecule has 0 saturated carbocycles. The first-order valence-corrected chi connectivity index (χ1v) is 9.24. The van der Waals surface area contributed by atoms with Crippen molar-refractivity contribution in [2.24, 2.45) is 11.3 Å². The first kappa shape index (κ1) is 18.4. The highest BCUT2D eigenvalue weighted by atomic mass is 32.1. The molecule has 0 saturated heterocycles. The number of carbonyl (C=O) groups is 2. The number of carboxylic acids is 1. The van der Waals surface area contributed by atoms with Crippen LogP contribution in [0.15, 0.2) is 24.3 Å². The van der Waals surface area contributed by atoms with Crippen LogP contribution in [0, 0.1) is 5.41 Å². The molecule has 1 aromatic carbocycles. The van der Waals surface area contributed by atoms with E-state index in [9.17, 15) is 14.7 Å². The zero-order valence-corrected chi connectivity index (χ0v) is 15.6. The molecule has 1 aliphatic rings. The van der Waals surface area contributed by atoms with Gasteiger partial charge in [-0.25, -0.2) is 9.59 Å². The minimum Gasteiger partial charge on any atom is -0.478 e. The molecule has 6 nitrogen and oxygen atoms in total. The number of aromatic carboxylic acids is 1. The number of amides is 1. The summed E-state index contributed by atoms with van der Waals surface area (Å²) in [6.45, 7) is 4.66. The zero-order valence-electron chi connectivity index (χ0n) is 14.8. The lowest BCUT2D eigenvalue weighted by atomic mass is 9.76. The number of nitrogens with two attached hydrogens (primary N) is 1. The molecule has 0 spiro atoms. The van der Waals surface area contributed by atoms with E-state index in [0.29, 0.717) is 5.56 Å². The molecule has 1 aliphatic carbocycles. The molecule has 0 bridgehead atoms. The van der Waals surface area contributed by atoms with E-state index in [0.717, 1.165) is 40.8 Å². The third kappa shape index (κ3) is 3.73. The molecule has 0 unspecified atom stereocenters. The number of fused-ring (bicyclic) bond motifs is 1. The number of rotatable bonds is 4. The van der Waals surface area contributed by atoms with E-state index in [1.807, 2.05) is 24.3 Å². The van der Waals surface area contributed by atoms with Crippen LogP contribution in [-0.2, 0) is 24.2 Å². The highest BCUT2D eigenvalue weighted by molar-refractivity contribution is 7.16. The maximum absolute atomic E-state index is 12.0. The fourth-order valence-electron chi connectivity index (χ4n) is 3.34. The molecule has 138 valence electrons. The summed E-state index contributed by atoms with van der Waals surface area (Å²) in [4.78, 5) is 29.0. The van der Waals surface area contributed by atoms with Crippen molar-refractivity contribution in [1.29, 1.82) is 0 Å². The zero-order chi connectivity index (χ0) is 18.9. The molecule has 0 aliphatic heterocycles. The number of carboxylic acid groups (broad SMARTS) is 1. The van der Waals surface area contributed by atoms with Crippen LogP contribution in [0.4, 0.5) is 4.79 Å². The Morgan fingerprint density at radius 2 is 2.00 bits per heavy atom. The standard InChI is InChI=1S/C19H22N2O4S/c1-19(2)8-7-14-13(9-19)15(17(22)23)16(26-14)12-5-3-11(4-6-12)10-21-18(24)25-20/h3-6H,7-10,20H2,1-2H3,(H,21,24)(H,22,23). The van der Waals surface area contributed by atoms with Gasteiger partial charge < -0.3 is 15.3 Å². The Hall–Kier alpha value is -2.38. The van der Waals surface area contributed by atoms with Crippen LogP contribution in [0.3, 0.4) is 0 Å². The molecular formula is C19H22N2O4S. The Labute approximate surface area is 155 Å². The molecule has 0 atom stereocenters. The monoisotopic (exact) mass is 374 g/mol. The van der Waals surface area contributed by atoms with Crippen molar-refractivity contribution in [3.05, 3.63) is 45.8 Å². The molecule has 1 aromatic heterocycles. The molecule has 4 N–H and O–H groups in total. The summed E-state index contributed by atoms with van der Waals surface area (Å²) < 4.78 is 0. The first-order chi connectivity index (χ1) is 12.3. The van der Waals surface area contributed by atoms with Gasteiger partial charge in [0, 0.05) is 16.3 Å². The quantitative estimate of drug-likeness (QED) is 0.708. The van der Waals surface area contributed by atoms with Gasteiger partial charge in [0.05, 0.1) is 5.56 Å². The Morgan fingerprint density at radius 1 is 1.31 bits per heavy atom. The van der Waals surface area contributed by atoms with Crippen LogP contribution >= 0.6 is 11.3 Å². The lowest BCUT2D eigenvalue weighted by molar-refractivity contribution is 0.0696. The number of hydrogen-bond donors (Lipinski definition) is 3. The van der Waals surface area contributed by atoms with Gasteiger partial charge in [-0.2, -0.15) is 5.90 Å². The number of benzene rings is 1. The Bertz CT molecular complexity index is 840. The largest absolute Gasteiger partial charge is 0.478 e. The fraction of sp³-hybridized carbons (Fsp3) is 0.368. The van der Waals surface area contributed by atoms with Crippen molar-refractivity contribution in [3.63, 3.8) is 0 Å². The molecule has 1 amide bonds. The maximum atomic E-state index is 12.0. The molecule has 7 heteroatoms. The lowest BCUT2D eigenvalue weighted by Gasteiger charge is -2.29. The van der Waals surface area contributed by atoms with Crippen molar-refractivity contribution in [3.8, 4) is 10.4 Å². The van der Waals surface area contributed by atoms with E-state index >= 15 is 0 Å². The van der Waals surface area contributed by atoms with Gasteiger partial charge in [-0.05, 0) is 41.4 Å². The van der Waals surface area contributed by atoms with Crippen molar-refractivity contribution in [2.45, 2.75) is 39.7 Å². The predicted octanol–water partition coefficient (Wildman–Crippen LogP) is 3.73. The Balaban J connectivity index is 1.91. The van der Waals surface area contributed by atoms with Crippen LogP contribution in [0.25, 0.3) is 10.4 Å². The van der Waals surface area contributed by atoms with E-state index in [2.05, 4.69) is 24.0 Å². The van der Waals surface area contributed by atoms with Gasteiger partial charge in [-0.3, -0.25) is 0 Å². The van der Waals surface area contributed by atoms with Gasteiger partial charge in [-0.1, -0.05) is 38.1 Å². The lowest BCUT2D eigenvalue weighted by Crippen LogP contribution is -2.26. The highest BCUT2D eigenvalue weighted by Crippen LogP contribution is 2.45. The van der Waals surface area contributed by atoms with Gasteiger partial charge in [-0.15, -0.1) is 11.3 Å². The number of nitrogens with one attached hydrogen (secondary N) is 1. The molecule has 26 heavy (non-hydrogen) atoms. The van der Waals surface area contributed by atoms with E-state index in [4.69, 9.17) is 5.90 Å². The summed E-state index contributed by atoms with van der Waals surface area (Å²) in [6.07, 6.45) is 2.09. The van der Waals surface area contributed by atoms with Crippen molar-refractivity contribution in [2.75, 3.05) is 0 Å². The summed E-state index contributed by atoms with van der Waals surface area (Å²) in [7, 11) is 0. The maximum Gasteiger partial charge on any atom is 0.426 e. The van der Waals surface area contributed by atoms with Crippen molar-refractivity contribution in [1.82, 2.24) is 5.32 Å². The third-order valence-electron chi connectivity index (χ3n) is 4.75. The SMILES string of the molecule is CC1(C)CCc2sc(-c3ccc(CNC(=O)ON)cc3)c(C(=O)O)c2C1. The minimum absolute atomic E-state index is 0.128. The summed E-state index contributed by atoms with van der Waals surface area (Å²) in [5.74, 6) is 3.91. The topological polar surface area (TPSA) is 102 Å². The average Bonchev–Trinajstić information content (AvgIpc) is 2.97. The van der Waals surface area contributed by atoms with E-state index in [1.165, 1.54) is 4.88 Å². The Morgan fingerprint density at radius 3 is 2.62 bits per heavy atom. The van der Waals surface area contributed by atoms with Crippen LogP contribution in [0.5, 0.6) is 0 Å². The fourth-order valence-corrected chi connectivity index (χ4v) is 4.65. The van der Waals surface area contributed by atoms with Gasteiger partial charge in [0.25, 0.3) is 0 Å². The minimum atomic E-state index is -0.869. The van der Waals surface area contributed by atoms with Gasteiger partial charge in [0.2, 0.25) is 0 Å². The number of carbonyl (C=O) groups excluding carboxylic acids is 1. The molecule has 0 radical (unpaired) electrons. The van der Waals surface area contributed by atoms with Crippen molar-refractivity contribution < 1.29 is 19.5 Å². The summed E-state index contributed by atoms with van der Waals surface area (Å²) in [6, 6.07) is 7.50. The Kier molecular flexibility index (Phi) is 5.02.